The molecule has 0 radical (unpaired) electrons. The second-order valence-corrected chi connectivity index (χ2v) is 6.29. The summed E-state index contributed by atoms with van der Waals surface area (Å²) in [6.07, 6.45) is 5.75. The quantitative estimate of drug-likeness (QED) is 0.849. The van der Waals surface area contributed by atoms with Crippen LogP contribution in [0.5, 0.6) is 0 Å². The van der Waals surface area contributed by atoms with E-state index in [0.29, 0.717) is 18.4 Å². The summed E-state index contributed by atoms with van der Waals surface area (Å²) in [5.74, 6) is 1.23. The van der Waals surface area contributed by atoms with Crippen LogP contribution in [0.25, 0.3) is 0 Å². The van der Waals surface area contributed by atoms with E-state index < -0.39 is 0 Å². The number of morpholine rings is 1. The number of amides is 1. The van der Waals surface area contributed by atoms with Crippen LogP contribution < -0.4 is 5.73 Å². The van der Waals surface area contributed by atoms with Crippen LogP contribution in [0, 0.1) is 11.8 Å². The third-order valence-corrected chi connectivity index (χ3v) is 4.60. The summed E-state index contributed by atoms with van der Waals surface area (Å²) in [4.78, 5) is 14.7. The Hall–Kier alpha value is -0.610. The van der Waals surface area contributed by atoms with Crippen molar-refractivity contribution in [3.63, 3.8) is 0 Å². The largest absolute Gasteiger partial charge is 0.375 e. The van der Waals surface area contributed by atoms with Gasteiger partial charge in [-0.1, -0.05) is 12.8 Å². The van der Waals surface area contributed by atoms with Gasteiger partial charge in [-0.05, 0) is 45.6 Å². The molecule has 4 heteroatoms. The molecule has 4 atom stereocenters. The van der Waals surface area contributed by atoms with Gasteiger partial charge in [0.1, 0.15) is 0 Å². The zero-order valence-corrected chi connectivity index (χ0v) is 12.3. The normalized spacial score (nSPS) is 36.3. The fraction of sp³-hybridized carbons (Fsp3) is 0.933. The van der Waals surface area contributed by atoms with Crippen molar-refractivity contribution in [3.8, 4) is 0 Å². The molecule has 2 fully saturated rings. The van der Waals surface area contributed by atoms with Gasteiger partial charge in [0.15, 0.2) is 0 Å². The molecular weight excluding hydrogens is 240 g/mol. The lowest BCUT2D eigenvalue weighted by Gasteiger charge is -2.40. The van der Waals surface area contributed by atoms with Crippen LogP contribution in [-0.2, 0) is 9.53 Å². The summed E-state index contributed by atoms with van der Waals surface area (Å²) < 4.78 is 5.61. The number of nitrogens with zero attached hydrogens (tertiary/aromatic N) is 1. The van der Waals surface area contributed by atoms with Crippen LogP contribution in [0.2, 0.25) is 0 Å². The monoisotopic (exact) mass is 268 g/mol. The molecule has 0 aromatic heterocycles. The number of ether oxygens (including phenoxy) is 1. The van der Waals surface area contributed by atoms with E-state index in [-0.39, 0.29) is 18.1 Å². The van der Waals surface area contributed by atoms with Gasteiger partial charge in [0.05, 0.1) is 18.8 Å². The van der Waals surface area contributed by atoms with E-state index >= 15 is 0 Å². The van der Waals surface area contributed by atoms with E-state index in [1.165, 1.54) is 12.8 Å². The molecular formula is C15H28N2O2. The topological polar surface area (TPSA) is 55.6 Å². The molecule has 0 aromatic rings. The molecule has 0 aromatic carbocycles. The van der Waals surface area contributed by atoms with Crippen molar-refractivity contribution in [1.29, 1.82) is 0 Å². The van der Waals surface area contributed by atoms with Crippen LogP contribution in [0.1, 0.15) is 46.0 Å². The number of hydrogen-bond acceptors (Lipinski definition) is 3. The summed E-state index contributed by atoms with van der Waals surface area (Å²) in [7, 11) is 0. The molecule has 0 bridgehead atoms. The van der Waals surface area contributed by atoms with Crippen LogP contribution in [0.15, 0.2) is 0 Å². The molecule has 1 heterocycles. The van der Waals surface area contributed by atoms with Gasteiger partial charge in [0.2, 0.25) is 5.91 Å². The van der Waals surface area contributed by atoms with Crippen molar-refractivity contribution < 1.29 is 9.53 Å². The fourth-order valence-corrected chi connectivity index (χ4v) is 3.46. The molecule has 4 unspecified atom stereocenters. The Morgan fingerprint density at radius 3 is 2.89 bits per heavy atom. The van der Waals surface area contributed by atoms with E-state index in [4.69, 9.17) is 10.5 Å². The standard InChI is InChI=1S/C15H28N2O2/c1-11-10-19-12(2)9-17(11)15(18)14-5-3-4-13(8-14)6-7-16/h11-14H,3-10,16H2,1-2H3. The molecule has 1 saturated carbocycles. The van der Waals surface area contributed by atoms with Crippen molar-refractivity contribution in [3.05, 3.63) is 0 Å². The van der Waals surface area contributed by atoms with Crippen molar-refractivity contribution in [2.45, 2.75) is 58.1 Å². The molecule has 0 spiro atoms. The second kappa shape index (κ2) is 6.71. The highest BCUT2D eigenvalue weighted by atomic mass is 16.5. The number of rotatable bonds is 3. The van der Waals surface area contributed by atoms with Gasteiger partial charge < -0.3 is 15.4 Å². The van der Waals surface area contributed by atoms with Crippen LogP contribution >= 0.6 is 0 Å². The zero-order chi connectivity index (χ0) is 13.8. The summed E-state index contributed by atoms with van der Waals surface area (Å²) in [5, 5.41) is 0. The first-order chi connectivity index (χ1) is 9.11. The fourth-order valence-electron chi connectivity index (χ4n) is 3.46. The summed E-state index contributed by atoms with van der Waals surface area (Å²) in [6, 6.07) is 0.221. The highest BCUT2D eigenvalue weighted by Crippen LogP contribution is 2.32. The van der Waals surface area contributed by atoms with Crippen molar-refractivity contribution in [2.24, 2.45) is 17.6 Å². The van der Waals surface area contributed by atoms with E-state index in [0.717, 1.165) is 32.4 Å². The first-order valence-electron chi connectivity index (χ1n) is 7.74. The SMILES string of the molecule is CC1CN(C(=O)C2CCCC(CCN)C2)C(C)CO1. The molecule has 19 heavy (non-hydrogen) atoms. The number of carbonyl (C=O) groups is 1. The van der Waals surface area contributed by atoms with Gasteiger partial charge in [-0.15, -0.1) is 0 Å². The average molecular weight is 268 g/mol. The molecule has 1 saturated heterocycles. The van der Waals surface area contributed by atoms with Crippen molar-refractivity contribution in [2.75, 3.05) is 19.7 Å². The molecule has 4 nitrogen and oxygen atoms in total. The lowest BCUT2D eigenvalue weighted by molar-refractivity contribution is -0.149. The first kappa shape index (κ1) is 14.8. The minimum Gasteiger partial charge on any atom is -0.375 e. The van der Waals surface area contributed by atoms with Crippen molar-refractivity contribution in [1.82, 2.24) is 4.90 Å². The third kappa shape index (κ3) is 3.69. The summed E-state index contributed by atoms with van der Waals surface area (Å²) in [5.41, 5.74) is 5.65. The van der Waals surface area contributed by atoms with Gasteiger partial charge in [0, 0.05) is 12.5 Å². The van der Waals surface area contributed by atoms with E-state index in [1.807, 2.05) is 11.8 Å². The Morgan fingerprint density at radius 1 is 1.37 bits per heavy atom. The average Bonchev–Trinajstić information content (AvgIpc) is 2.41. The molecule has 1 aliphatic carbocycles. The maximum atomic E-state index is 12.7. The lowest BCUT2D eigenvalue weighted by atomic mass is 9.79. The van der Waals surface area contributed by atoms with Crippen LogP contribution in [0.4, 0.5) is 0 Å². The Balaban J connectivity index is 1.94. The smallest absolute Gasteiger partial charge is 0.226 e. The Bertz CT molecular complexity index is 307. The minimum atomic E-state index is 0.170. The van der Waals surface area contributed by atoms with E-state index in [2.05, 4.69) is 6.92 Å². The molecule has 1 aliphatic heterocycles. The summed E-state index contributed by atoms with van der Waals surface area (Å²) in [6.45, 7) is 6.30. The van der Waals surface area contributed by atoms with Gasteiger partial charge in [-0.3, -0.25) is 4.79 Å². The van der Waals surface area contributed by atoms with Gasteiger partial charge in [-0.25, -0.2) is 0 Å². The molecule has 1 amide bonds. The maximum Gasteiger partial charge on any atom is 0.226 e. The third-order valence-electron chi connectivity index (χ3n) is 4.60. The zero-order valence-electron chi connectivity index (χ0n) is 12.3. The molecule has 2 aliphatic rings. The number of hydrogen-bond donors (Lipinski definition) is 1. The number of carbonyl (C=O) groups excluding carboxylic acids is 1. The second-order valence-electron chi connectivity index (χ2n) is 6.29. The van der Waals surface area contributed by atoms with Crippen molar-refractivity contribution >= 4 is 5.91 Å². The van der Waals surface area contributed by atoms with E-state index in [9.17, 15) is 4.79 Å². The molecule has 2 rings (SSSR count). The molecule has 2 N–H and O–H groups in total. The maximum absolute atomic E-state index is 12.7. The highest BCUT2D eigenvalue weighted by molar-refractivity contribution is 5.79. The Labute approximate surface area is 116 Å². The predicted octanol–water partition coefficient (Wildman–Crippen LogP) is 1.78. The first-order valence-corrected chi connectivity index (χ1v) is 7.74. The predicted molar refractivity (Wildman–Crippen MR) is 75.7 cm³/mol. The van der Waals surface area contributed by atoms with Crippen LogP contribution in [0.3, 0.4) is 0 Å². The Morgan fingerprint density at radius 2 is 2.16 bits per heavy atom. The molecule has 110 valence electrons. The minimum absolute atomic E-state index is 0.170. The Kier molecular flexibility index (Phi) is 5.22. The lowest BCUT2D eigenvalue weighted by Crippen LogP contribution is -2.52. The van der Waals surface area contributed by atoms with Gasteiger partial charge >= 0.3 is 0 Å². The summed E-state index contributed by atoms with van der Waals surface area (Å²) >= 11 is 0. The highest BCUT2D eigenvalue weighted by Gasteiger charge is 2.34. The van der Waals surface area contributed by atoms with Crippen LogP contribution in [-0.4, -0.2) is 42.6 Å². The van der Waals surface area contributed by atoms with Gasteiger partial charge in [0.25, 0.3) is 0 Å². The van der Waals surface area contributed by atoms with Gasteiger partial charge in [-0.2, -0.15) is 0 Å². The van der Waals surface area contributed by atoms with E-state index in [1.54, 1.807) is 0 Å². The number of nitrogens with two attached hydrogens (primary N) is 1.